The number of nitrogens with zero attached hydrogens (tertiary/aromatic N) is 2. The largest absolute Gasteiger partial charge is 0.417 e. The van der Waals surface area contributed by atoms with Crippen molar-refractivity contribution in [2.24, 2.45) is 0 Å². The molecule has 2 amide bonds. The Bertz CT molecular complexity index is 907. The van der Waals surface area contributed by atoms with Crippen molar-refractivity contribution >= 4 is 23.2 Å². The molecule has 8 heteroatoms. The predicted octanol–water partition coefficient (Wildman–Crippen LogP) is 4.24. The van der Waals surface area contributed by atoms with Crippen LogP contribution in [0.3, 0.4) is 0 Å². The Hall–Kier alpha value is -2.35. The summed E-state index contributed by atoms with van der Waals surface area (Å²) in [5.74, 6) is -0.691. The molecule has 1 saturated heterocycles. The molecule has 0 bridgehead atoms. The van der Waals surface area contributed by atoms with E-state index >= 15 is 0 Å². The minimum absolute atomic E-state index is 0.0489. The van der Waals surface area contributed by atoms with Gasteiger partial charge in [0.25, 0.3) is 11.8 Å². The lowest BCUT2D eigenvalue weighted by Crippen LogP contribution is -2.50. The van der Waals surface area contributed by atoms with Crippen molar-refractivity contribution in [3.05, 3.63) is 56.8 Å². The lowest BCUT2D eigenvalue weighted by atomic mass is 9.99. The van der Waals surface area contributed by atoms with E-state index in [-0.39, 0.29) is 24.6 Å². The monoisotopic (exact) mass is 422 g/mol. The highest BCUT2D eigenvalue weighted by Gasteiger charge is 2.36. The molecule has 0 atom stereocenters. The molecule has 2 aliphatic rings. The first-order valence-corrected chi connectivity index (χ1v) is 10.5. The number of thiophene rings is 1. The number of piperazine rings is 1. The van der Waals surface area contributed by atoms with Crippen LogP contribution < -0.4 is 0 Å². The highest BCUT2D eigenvalue weighted by atomic mass is 32.1. The van der Waals surface area contributed by atoms with Crippen LogP contribution in [0.2, 0.25) is 0 Å². The smallest absolute Gasteiger partial charge is 0.335 e. The zero-order valence-corrected chi connectivity index (χ0v) is 16.6. The normalized spacial score (nSPS) is 17.2. The van der Waals surface area contributed by atoms with E-state index in [2.05, 4.69) is 0 Å². The van der Waals surface area contributed by atoms with Gasteiger partial charge in [0.05, 0.1) is 16.0 Å². The first-order chi connectivity index (χ1) is 13.8. The predicted molar refractivity (Wildman–Crippen MR) is 104 cm³/mol. The van der Waals surface area contributed by atoms with Crippen LogP contribution in [0.5, 0.6) is 0 Å². The number of amides is 2. The fourth-order valence-corrected chi connectivity index (χ4v) is 5.17. The molecular formula is C21H21F3N2O2S. The first-order valence-electron chi connectivity index (χ1n) is 9.71. The summed E-state index contributed by atoms with van der Waals surface area (Å²) in [5, 5.41) is 0. The Balaban J connectivity index is 1.43. The van der Waals surface area contributed by atoms with Crippen LogP contribution in [0.4, 0.5) is 13.2 Å². The lowest BCUT2D eigenvalue weighted by molar-refractivity contribution is -0.138. The summed E-state index contributed by atoms with van der Waals surface area (Å²) in [6.07, 6.45) is -0.241. The minimum atomic E-state index is -4.58. The number of carbonyl (C=O) groups excluding carboxylic acids is 2. The Morgan fingerprint density at radius 3 is 2.17 bits per heavy atom. The van der Waals surface area contributed by atoms with Gasteiger partial charge in [-0.15, -0.1) is 11.3 Å². The molecule has 0 radical (unpaired) electrons. The number of carbonyl (C=O) groups is 2. The Kier molecular flexibility index (Phi) is 5.38. The molecule has 2 aromatic rings. The maximum Gasteiger partial charge on any atom is 0.417 e. The molecule has 1 aromatic heterocycles. The quantitative estimate of drug-likeness (QED) is 0.726. The van der Waals surface area contributed by atoms with E-state index in [4.69, 9.17) is 0 Å². The molecule has 1 aliphatic carbocycles. The highest BCUT2D eigenvalue weighted by Crippen LogP contribution is 2.33. The third-order valence-corrected chi connectivity index (χ3v) is 6.75. The summed E-state index contributed by atoms with van der Waals surface area (Å²) >= 11 is 1.55. The molecule has 0 saturated carbocycles. The van der Waals surface area contributed by atoms with Crippen LogP contribution in [-0.4, -0.2) is 47.8 Å². The number of hydrogen-bond acceptors (Lipinski definition) is 3. The fraction of sp³-hybridized carbons (Fsp3) is 0.429. The summed E-state index contributed by atoms with van der Waals surface area (Å²) in [7, 11) is 0. The third kappa shape index (κ3) is 4.03. The minimum Gasteiger partial charge on any atom is -0.335 e. The number of fused-ring (bicyclic) bond motifs is 1. The second-order valence-corrected chi connectivity index (χ2v) is 8.53. The van der Waals surface area contributed by atoms with Crippen LogP contribution in [0, 0.1) is 0 Å². The zero-order valence-electron chi connectivity index (χ0n) is 15.8. The molecule has 0 N–H and O–H groups in total. The standard InChI is InChI=1S/C21H21F3N2O2S/c22-21(23,24)16-7-3-2-6-15(16)19(27)25-9-11-26(12-10-25)20(28)18-13-14-5-1-4-8-17(14)29-18/h2-3,6-7,13H,1,4-5,8-12H2. The fourth-order valence-electron chi connectivity index (χ4n) is 3.95. The van der Waals surface area contributed by atoms with Gasteiger partial charge in [-0.3, -0.25) is 9.59 Å². The molecular weight excluding hydrogens is 401 g/mol. The lowest BCUT2D eigenvalue weighted by Gasteiger charge is -2.35. The van der Waals surface area contributed by atoms with Crippen LogP contribution in [-0.2, 0) is 19.0 Å². The van der Waals surface area contributed by atoms with Gasteiger partial charge in [-0.2, -0.15) is 13.2 Å². The summed E-state index contributed by atoms with van der Waals surface area (Å²) < 4.78 is 39.6. The van der Waals surface area contributed by atoms with E-state index in [1.165, 1.54) is 33.5 Å². The SMILES string of the molecule is O=C(c1cc2c(s1)CCCC2)N1CCN(C(=O)c2ccccc2C(F)(F)F)CC1. The van der Waals surface area contributed by atoms with Crippen LogP contribution in [0.1, 0.15) is 48.9 Å². The van der Waals surface area contributed by atoms with E-state index in [9.17, 15) is 22.8 Å². The second kappa shape index (κ2) is 7.82. The van der Waals surface area contributed by atoms with Crippen LogP contribution in [0.25, 0.3) is 0 Å². The Morgan fingerprint density at radius 2 is 1.52 bits per heavy atom. The molecule has 154 valence electrons. The average Bonchev–Trinajstić information content (AvgIpc) is 3.16. The van der Waals surface area contributed by atoms with Crippen molar-refractivity contribution in [1.29, 1.82) is 0 Å². The average molecular weight is 422 g/mol. The molecule has 4 rings (SSSR count). The molecule has 1 fully saturated rings. The third-order valence-electron chi connectivity index (χ3n) is 5.52. The van der Waals surface area contributed by atoms with Crippen LogP contribution in [0.15, 0.2) is 30.3 Å². The highest BCUT2D eigenvalue weighted by molar-refractivity contribution is 7.14. The number of halogens is 3. The number of aryl methyl sites for hydroxylation is 2. The topological polar surface area (TPSA) is 40.6 Å². The maximum atomic E-state index is 13.2. The van der Waals surface area contributed by atoms with Gasteiger partial charge >= 0.3 is 6.18 Å². The van der Waals surface area contributed by atoms with E-state index in [0.29, 0.717) is 13.1 Å². The van der Waals surface area contributed by atoms with Crippen LogP contribution >= 0.6 is 11.3 Å². The summed E-state index contributed by atoms with van der Waals surface area (Å²) in [6.45, 7) is 1.09. The summed E-state index contributed by atoms with van der Waals surface area (Å²) in [4.78, 5) is 30.6. The molecule has 0 spiro atoms. The maximum absolute atomic E-state index is 13.2. The number of benzene rings is 1. The van der Waals surface area contributed by atoms with Gasteiger partial charge in [0.1, 0.15) is 0 Å². The van der Waals surface area contributed by atoms with Gasteiger partial charge < -0.3 is 9.80 Å². The van der Waals surface area contributed by atoms with Gasteiger partial charge in [0.2, 0.25) is 0 Å². The van der Waals surface area contributed by atoms with Crippen molar-refractivity contribution in [2.75, 3.05) is 26.2 Å². The second-order valence-electron chi connectivity index (χ2n) is 7.39. The summed E-state index contributed by atoms with van der Waals surface area (Å²) in [6, 6.07) is 6.82. The molecule has 1 aromatic carbocycles. The van der Waals surface area contributed by atoms with Crippen molar-refractivity contribution in [3.8, 4) is 0 Å². The number of rotatable bonds is 2. The van der Waals surface area contributed by atoms with Crippen molar-refractivity contribution < 1.29 is 22.8 Å². The Labute approximate surface area is 170 Å². The van der Waals surface area contributed by atoms with E-state index in [1.54, 1.807) is 16.2 Å². The van der Waals surface area contributed by atoms with Gasteiger partial charge in [0.15, 0.2) is 0 Å². The van der Waals surface area contributed by atoms with Crippen molar-refractivity contribution in [1.82, 2.24) is 9.80 Å². The van der Waals surface area contributed by atoms with E-state index < -0.39 is 17.6 Å². The molecule has 1 aliphatic heterocycles. The van der Waals surface area contributed by atoms with Gasteiger partial charge in [-0.25, -0.2) is 0 Å². The molecule has 4 nitrogen and oxygen atoms in total. The molecule has 2 heterocycles. The van der Waals surface area contributed by atoms with E-state index in [1.807, 2.05) is 6.07 Å². The number of alkyl halides is 3. The molecule has 0 unspecified atom stereocenters. The van der Waals surface area contributed by atoms with Crippen molar-refractivity contribution in [2.45, 2.75) is 31.9 Å². The van der Waals surface area contributed by atoms with E-state index in [0.717, 1.165) is 36.6 Å². The van der Waals surface area contributed by atoms with Crippen molar-refractivity contribution in [3.63, 3.8) is 0 Å². The summed E-state index contributed by atoms with van der Waals surface area (Å²) in [5.41, 5.74) is 0.000511. The first kappa shape index (κ1) is 19.9. The number of hydrogen-bond donors (Lipinski definition) is 0. The van der Waals surface area contributed by atoms with Gasteiger partial charge in [-0.05, 0) is 49.4 Å². The Morgan fingerprint density at radius 1 is 0.897 bits per heavy atom. The molecule has 29 heavy (non-hydrogen) atoms. The van der Waals surface area contributed by atoms with Gasteiger partial charge in [0, 0.05) is 31.1 Å². The zero-order chi connectivity index (χ0) is 20.6. The van der Waals surface area contributed by atoms with Gasteiger partial charge in [-0.1, -0.05) is 12.1 Å².